The Balaban J connectivity index is 1.56. The molecule has 1 heterocycles. The molecule has 6 heteroatoms. The Hall–Kier alpha value is -2.79. The van der Waals surface area contributed by atoms with Gasteiger partial charge in [0.15, 0.2) is 0 Å². The number of rotatable bonds is 4. The van der Waals surface area contributed by atoms with Crippen molar-refractivity contribution in [1.82, 2.24) is 0 Å². The van der Waals surface area contributed by atoms with Crippen LogP contribution in [0, 0.1) is 0 Å². The zero-order chi connectivity index (χ0) is 19.6. The van der Waals surface area contributed by atoms with Crippen LogP contribution in [0.2, 0.25) is 5.02 Å². The molecule has 144 valence electrons. The summed E-state index contributed by atoms with van der Waals surface area (Å²) >= 11 is 6.17. The summed E-state index contributed by atoms with van der Waals surface area (Å²) in [5.74, 6) is -1.86. The van der Waals surface area contributed by atoms with Gasteiger partial charge in [0, 0.05) is 29.0 Å². The van der Waals surface area contributed by atoms with Crippen LogP contribution in [-0.2, 0) is 25.7 Å². The lowest BCUT2D eigenvalue weighted by Gasteiger charge is -2.32. The summed E-state index contributed by atoms with van der Waals surface area (Å²) < 4.78 is 16.8. The first-order valence-electron chi connectivity index (χ1n) is 9.20. The minimum atomic E-state index is -1.08. The number of halogens is 1. The standard InChI is InChI=1S/C22H19ClO5/c23-18-9-3-1-8-16(18)14-26-19-10-4-2-7-15(19)13-17-20(24)27-22(28-21(17)25)11-5-6-12-22/h1-4,7-10,13H,5-6,11-12,14H2. The lowest BCUT2D eigenvalue weighted by molar-refractivity contribution is -0.232. The van der Waals surface area contributed by atoms with Crippen LogP contribution in [0.25, 0.3) is 6.08 Å². The SMILES string of the molecule is O=C1OC2(CCCC2)OC(=O)C1=Cc1ccccc1OCc1ccccc1Cl. The highest BCUT2D eigenvalue weighted by molar-refractivity contribution is 6.31. The summed E-state index contributed by atoms with van der Waals surface area (Å²) in [5.41, 5.74) is 1.29. The van der Waals surface area contributed by atoms with Gasteiger partial charge < -0.3 is 14.2 Å². The lowest BCUT2D eigenvalue weighted by Crippen LogP contribution is -2.44. The quantitative estimate of drug-likeness (QED) is 0.425. The topological polar surface area (TPSA) is 61.8 Å². The van der Waals surface area contributed by atoms with Crippen molar-refractivity contribution < 1.29 is 23.8 Å². The van der Waals surface area contributed by atoms with Gasteiger partial charge >= 0.3 is 11.9 Å². The molecule has 1 aliphatic carbocycles. The highest BCUT2D eigenvalue weighted by Crippen LogP contribution is 2.39. The van der Waals surface area contributed by atoms with Crippen molar-refractivity contribution in [3.8, 4) is 5.75 Å². The average Bonchev–Trinajstić information content (AvgIpc) is 3.12. The summed E-state index contributed by atoms with van der Waals surface area (Å²) in [5, 5.41) is 0.611. The van der Waals surface area contributed by atoms with Crippen LogP contribution in [0.5, 0.6) is 5.75 Å². The smallest absolute Gasteiger partial charge is 0.348 e. The fraction of sp³-hybridized carbons (Fsp3) is 0.273. The molecule has 0 amide bonds. The van der Waals surface area contributed by atoms with Crippen molar-refractivity contribution >= 4 is 29.6 Å². The largest absolute Gasteiger partial charge is 0.488 e. The molecule has 5 nitrogen and oxygen atoms in total. The minimum absolute atomic E-state index is 0.133. The highest BCUT2D eigenvalue weighted by Gasteiger charge is 2.47. The third kappa shape index (κ3) is 3.76. The van der Waals surface area contributed by atoms with E-state index in [9.17, 15) is 9.59 Å². The molecule has 4 rings (SSSR count). The van der Waals surface area contributed by atoms with Crippen molar-refractivity contribution in [1.29, 1.82) is 0 Å². The Kier molecular flexibility index (Phi) is 5.09. The molecule has 0 aromatic heterocycles. The lowest BCUT2D eigenvalue weighted by atomic mass is 10.1. The second-order valence-electron chi connectivity index (χ2n) is 6.87. The molecule has 0 bridgehead atoms. The molecule has 0 unspecified atom stereocenters. The first kappa shape index (κ1) is 18.6. The van der Waals surface area contributed by atoms with E-state index in [0.29, 0.717) is 29.2 Å². The average molecular weight is 399 g/mol. The number of hydrogen-bond acceptors (Lipinski definition) is 5. The molecular formula is C22H19ClO5. The first-order chi connectivity index (χ1) is 13.6. The van der Waals surface area contributed by atoms with E-state index in [-0.39, 0.29) is 12.2 Å². The van der Waals surface area contributed by atoms with Crippen LogP contribution < -0.4 is 4.74 Å². The Morgan fingerprint density at radius 2 is 1.61 bits per heavy atom. The summed E-state index contributed by atoms with van der Waals surface area (Å²) in [6.45, 7) is 0.262. The second kappa shape index (κ2) is 7.68. The van der Waals surface area contributed by atoms with Crippen molar-refractivity contribution in [3.63, 3.8) is 0 Å². The summed E-state index contributed by atoms with van der Waals surface area (Å²) in [4.78, 5) is 24.9. The van der Waals surface area contributed by atoms with E-state index in [1.807, 2.05) is 24.3 Å². The molecule has 1 saturated carbocycles. The predicted octanol–water partition coefficient (Wildman–Crippen LogP) is 4.67. The zero-order valence-corrected chi connectivity index (χ0v) is 15.9. The Labute approximate surface area is 167 Å². The molecule has 2 fully saturated rings. The van der Waals surface area contributed by atoms with E-state index in [1.54, 1.807) is 24.3 Å². The first-order valence-corrected chi connectivity index (χ1v) is 9.58. The molecule has 2 aliphatic rings. The van der Waals surface area contributed by atoms with E-state index < -0.39 is 17.7 Å². The monoisotopic (exact) mass is 398 g/mol. The second-order valence-corrected chi connectivity index (χ2v) is 7.28. The van der Waals surface area contributed by atoms with Crippen LogP contribution >= 0.6 is 11.6 Å². The maximum atomic E-state index is 12.5. The van der Waals surface area contributed by atoms with E-state index in [0.717, 1.165) is 18.4 Å². The summed E-state index contributed by atoms with van der Waals surface area (Å²) in [6.07, 6.45) is 4.30. The number of carbonyl (C=O) groups is 2. The van der Waals surface area contributed by atoms with Gasteiger partial charge in [0.05, 0.1) is 0 Å². The van der Waals surface area contributed by atoms with Crippen LogP contribution in [0.15, 0.2) is 54.1 Å². The van der Waals surface area contributed by atoms with E-state index in [2.05, 4.69) is 0 Å². The van der Waals surface area contributed by atoms with E-state index >= 15 is 0 Å². The van der Waals surface area contributed by atoms with Gasteiger partial charge in [0.2, 0.25) is 0 Å². The van der Waals surface area contributed by atoms with Crippen molar-refractivity contribution in [3.05, 3.63) is 70.3 Å². The van der Waals surface area contributed by atoms with Gasteiger partial charge in [-0.3, -0.25) is 0 Å². The normalized spacial score (nSPS) is 18.0. The van der Waals surface area contributed by atoms with Crippen LogP contribution in [0.1, 0.15) is 36.8 Å². The van der Waals surface area contributed by atoms with Crippen molar-refractivity contribution in [2.24, 2.45) is 0 Å². The number of hydrogen-bond donors (Lipinski definition) is 0. The maximum absolute atomic E-state index is 12.5. The van der Waals surface area contributed by atoms with E-state index in [1.165, 1.54) is 6.08 Å². The van der Waals surface area contributed by atoms with Gasteiger partial charge in [-0.2, -0.15) is 0 Å². The third-order valence-corrected chi connectivity index (χ3v) is 5.29. The van der Waals surface area contributed by atoms with Crippen LogP contribution in [0.3, 0.4) is 0 Å². The van der Waals surface area contributed by atoms with Crippen molar-refractivity contribution in [2.75, 3.05) is 0 Å². The van der Waals surface area contributed by atoms with Gasteiger partial charge in [-0.05, 0) is 31.1 Å². The zero-order valence-electron chi connectivity index (χ0n) is 15.2. The van der Waals surface area contributed by atoms with Gasteiger partial charge in [0.1, 0.15) is 17.9 Å². The van der Waals surface area contributed by atoms with Crippen LogP contribution in [0.4, 0.5) is 0 Å². The Bertz CT molecular complexity index is 921. The van der Waals surface area contributed by atoms with Gasteiger partial charge in [-0.25, -0.2) is 9.59 Å². The third-order valence-electron chi connectivity index (χ3n) is 4.92. The fourth-order valence-electron chi connectivity index (χ4n) is 3.45. The molecule has 0 N–H and O–H groups in total. The number of ether oxygens (including phenoxy) is 3. The maximum Gasteiger partial charge on any atom is 0.348 e. The van der Waals surface area contributed by atoms with Gasteiger partial charge in [0.25, 0.3) is 5.79 Å². The molecule has 1 saturated heterocycles. The number of para-hydroxylation sites is 1. The Morgan fingerprint density at radius 3 is 2.32 bits per heavy atom. The molecule has 2 aromatic carbocycles. The number of carbonyl (C=O) groups excluding carboxylic acids is 2. The number of benzene rings is 2. The molecule has 1 aliphatic heterocycles. The molecule has 0 atom stereocenters. The molecule has 0 radical (unpaired) electrons. The molecule has 2 aromatic rings. The van der Waals surface area contributed by atoms with E-state index in [4.69, 9.17) is 25.8 Å². The van der Waals surface area contributed by atoms with Gasteiger partial charge in [-0.1, -0.05) is 48.0 Å². The summed E-state index contributed by atoms with van der Waals surface area (Å²) in [6, 6.07) is 14.5. The number of esters is 2. The van der Waals surface area contributed by atoms with Crippen LogP contribution in [-0.4, -0.2) is 17.7 Å². The molecule has 1 spiro atoms. The predicted molar refractivity (Wildman–Crippen MR) is 104 cm³/mol. The fourth-order valence-corrected chi connectivity index (χ4v) is 3.64. The van der Waals surface area contributed by atoms with Crippen molar-refractivity contribution in [2.45, 2.75) is 38.1 Å². The molecular weight excluding hydrogens is 380 g/mol. The molecule has 28 heavy (non-hydrogen) atoms. The minimum Gasteiger partial charge on any atom is -0.488 e. The summed E-state index contributed by atoms with van der Waals surface area (Å²) in [7, 11) is 0. The Morgan fingerprint density at radius 1 is 0.964 bits per heavy atom. The van der Waals surface area contributed by atoms with Gasteiger partial charge in [-0.15, -0.1) is 0 Å². The highest BCUT2D eigenvalue weighted by atomic mass is 35.5.